The van der Waals surface area contributed by atoms with Crippen LogP contribution in [0.2, 0.25) is 0 Å². The van der Waals surface area contributed by atoms with Crippen LogP contribution in [0, 0.1) is 5.92 Å². The normalized spacial score (nSPS) is 13.9. The predicted octanol–water partition coefficient (Wildman–Crippen LogP) is 3.73. The first kappa shape index (κ1) is 16.1. The Balaban J connectivity index is 2.19. The fraction of sp³-hybridized carbons (Fsp3) is 0.562. The summed E-state index contributed by atoms with van der Waals surface area (Å²) in [7, 11) is 3.44. The van der Waals surface area contributed by atoms with Gasteiger partial charge in [-0.3, -0.25) is 4.79 Å². The number of benzene rings is 1. The highest BCUT2D eigenvalue weighted by Gasteiger charge is 2.26. The minimum absolute atomic E-state index is 0.0166. The number of hydrogen-bond acceptors (Lipinski definition) is 3. The van der Waals surface area contributed by atoms with Gasteiger partial charge < -0.3 is 14.4 Å². The van der Waals surface area contributed by atoms with Gasteiger partial charge in [-0.25, -0.2) is 0 Å². The van der Waals surface area contributed by atoms with Gasteiger partial charge in [0.05, 0.1) is 18.2 Å². The molecule has 0 N–H and O–H groups in total. The molecule has 21 heavy (non-hydrogen) atoms. The second-order valence-corrected chi connectivity index (χ2v) is 6.32. The van der Waals surface area contributed by atoms with E-state index in [-0.39, 0.29) is 5.91 Å². The van der Waals surface area contributed by atoms with Crippen LogP contribution in [0.3, 0.4) is 0 Å². The molecule has 1 aromatic carbocycles. The fourth-order valence-corrected chi connectivity index (χ4v) is 2.74. The molecule has 0 aromatic heterocycles. The van der Waals surface area contributed by atoms with E-state index in [0.717, 1.165) is 17.4 Å². The summed E-state index contributed by atoms with van der Waals surface area (Å²) in [6, 6.07) is 3.56. The standard InChI is InChI=1S/C16H22BrNO3/c1-4-7-21-15-13(17)8-12(9-14(15)20-3)16(19)18(2)10-11-5-6-11/h8-9,11H,4-7,10H2,1-3H3. The van der Waals surface area contributed by atoms with Crippen molar-refractivity contribution in [1.82, 2.24) is 4.90 Å². The molecule has 1 saturated carbocycles. The number of carbonyl (C=O) groups is 1. The van der Waals surface area contributed by atoms with Crippen LogP contribution in [-0.4, -0.2) is 38.1 Å². The Morgan fingerprint density at radius 3 is 2.71 bits per heavy atom. The van der Waals surface area contributed by atoms with Crippen molar-refractivity contribution in [2.45, 2.75) is 26.2 Å². The van der Waals surface area contributed by atoms with Gasteiger partial charge in [-0.05, 0) is 53.2 Å². The Morgan fingerprint density at radius 2 is 2.14 bits per heavy atom. The molecule has 0 saturated heterocycles. The zero-order valence-corrected chi connectivity index (χ0v) is 14.4. The van der Waals surface area contributed by atoms with Crippen molar-refractivity contribution in [2.75, 3.05) is 27.3 Å². The quantitative estimate of drug-likeness (QED) is 0.747. The van der Waals surface area contributed by atoms with Crippen LogP contribution in [0.15, 0.2) is 16.6 Å². The highest BCUT2D eigenvalue weighted by molar-refractivity contribution is 9.10. The molecule has 0 radical (unpaired) electrons. The molecule has 0 heterocycles. The Morgan fingerprint density at radius 1 is 1.43 bits per heavy atom. The van der Waals surface area contributed by atoms with E-state index in [2.05, 4.69) is 15.9 Å². The first-order valence-corrected chi connectivity index (χ1v) is 8.11. The summed E-state index contributed by atoms with van der Waals surface area (Å²) in [6.45, 7) is 3.49. The summed E-state index contributed by atoms with van der Waals surface area (Å²) in [5.41, 5.74) is 0.616. The Labute approximate surface area is 134 Å². The maximum Gasteiger partial charge on any atom is 0.253 e. The van der Waals surface area contributed by atoms with E-state index in [0.29, 0.717) is 29.6 Å². The molecule has 1 fully saturated rings. The van der Waals surface area contributed by atoms with Gasteiger partial charge in [0.15, 0.2) is 11.5 Å². The van der Waals surface area contributed by atoms with Gasteiger partial charge in [0.1, 0.15) is 0 Å². The molecule has 0 bridgehead atoms. The molecule has 0 atom stereocenters. The van der Waals surface area contributed by atoms with Gasteiger partial charge in [-0.1, -0.05) is 6.92 Å². The van der Waals surface area contributed by atoms with Crippen molar-refractivity contribution in [3.8, 4) is 11.5 Å². The van der Waals surface area contributed by atoms with E-state index >= 15 is 0 Å². The van der Waals surface area contributed by atoms with Crippen LogP contribution in [0.25, 0.3) is 0 Å². The van der Waals surface area contributed by atoms with Crippen molar-refractivity contribution in [3.05, 3.63) is 22.2 Å². The number of halogens is 1. The van der Waals surface area contributed by atoms with Crippen LogP contribution >= 0.6 is 15.9 Å². The molecule has 1 amide bonds. The molecule has 0 aliphatic heterocycles. The van der Waals surface area contributed by atoms with E-state index in [9.17, 15) is 4.79 Å². The summed E-state index contributed by atoms with van der Waals surface area (Å²) in [5, 5.41) is 0. The summed E-state index contributed by atoms with van der Waals surface area (Å²) < 4.78 is 11.8. The SMILES string of the molecule is CCCOc1c(Br)cc(C(=O)N(C)CC2CC2)cc1OC. The van der Waals surface area contributed by atoms with Crippen LogP contribution in [-0.2, 0) is 0 Å². The van der Waals surface area contributed by atoms with Crippen molar-refractivity contribution in [2.24, 2.45) is 5.92 Å². The maximum absolute atomic E-state index is 12.5. The Kier molecular flexibility index (Phi) is 5.51. The number of nitrogens with zero attached hydrogens (tertiary/aromatic N) is 1. The predicted molar refractivity (Wildman–Crippen MR) is 86.2 cm³/mol. The highest BCUT2D eigenvalue weighted by Crippen LogP contribution is 2.37. The van der Waals surface area contributed by atoms with Crippen molar-refractivity contribution in [3.63, 3.8) is 0 Å². The van der Waals surface area contributed by atoms with E-state index in [1.807, 2.05) is 14.0 Å². The van der Waals surface area contributed by atoms with Gasteiger partial charge in [0.2, 0.25) is 0 Å². The molecular weight excluding hydrogens is 334 g/mol. The van der Waals surface area contributed by atoms with Crippen molar-refractivity contribution >= 4 is 21.8 Å². The van der Waals surface area contributed by atoms with Gasteiger partial charge in [-0.2, -0.15) is 0 Å². The van der Waals surface area contributed by atoms with E-state index in [4.69, 9.17) is 9.47 Å². The second kappa shape index (κ2) is 7.16. The van der Waals surface area contributed by atoms with Crippen LogP contribution in [0.4, 0.5) is 0 Å². The molecule has 2 rings (SSSR count). The first-order valence-electron chi connectivity index (χ1n) is 7.32. The van der Waals surface area contributed by atoms with Gasteiger partial charge >= 0.3 is 0 Å². The monoisotopic (exact) mass is 355 g/mol. The highest BCUT2D eigenvalue weighted by atomic mass is 79.9. The van der Waals surface area contributed by atoms with E-state index < -0.39 is 0 Å². The summed E-state index contributed by atoms with van der Waals surface area (Å²) in [6.07, 6.45) is 3.38. The van der Waals surface area contributed by atoms with Crippen molar-refractivity contribution < 1.29 is 14.3 Å². The Hall–Kier alpha value is -1.23. The van der Waals surface area contributed by atoms with Crippen LogP contribution in [0.1, 0.15) is 36.5 Å². The topological polar surface area (TPSA) is 38.8 Å². The molecule has 1 aliphatic rings. The van der Waals surface area contributed by atoms with Crippen LogP contribution < -0.4 is 9.47 Å². The molecule has 4 nitrogen and oxygen atoms in total. The third-order valence-electron chi connectivity index (χ3n) is 3.50. The summed E-state index contributed by atoms with van der Waals surface area (Å²) in [5.74, 6) is 1.93. The third kappa shape index (κ3) is 4.13. The van der Waals surface area contributed by atoms with Gasteiger partial charge in [0, 0.05) is 19.2 Å². The average Bonchev–Trinajstić information content (AvgIpc) is 3.28. The molecule has 0 spiro atoms. The average molecular weight is 356 g/mol. The zero-order chi connectivity index (χ0) is 15.4. The zero-order valence-electron chi connectivity index (χ0n) is 12.8. The molecule has 116 valence electrons. The molecule has 5 heteroatoms. The number of carbonyl (C=O) groups excluding carboxylic acids is 1. The molecule has 1 aromatic rings. The molecule has 0 unspecified atom stereocenters. The largest absolute Gasteiger partial charge is 0.493 e. The van der Waals surface area contributed by atoms with Crippen molar-refractivity contribution in [1.29, 1.82) is 0 Å². The first-order chi connectivity index (χ1) is 10.1. The number of hydrogen-bond donors (Lipinski definition) is 0. The summed E-state index contributed by atoms with van der Waals surface area (Å²) >= 11 is 3.47. The lowest BCUT2D eigenvalue weighted by molar-refractivity contribution is 0.0788. The number of rotatable bonds is 7. The second-order valence-electron chi connectivity index (χ2n) is 5.47. The number of amides is 1. The van der Waals surface area contributed by atoms with Gasteiger partial charge in [0.25, 0.3) is 5.91 Å². The van der Waals surface area contributed by atoms with E-state index in [1.165, 1.54) is 12.8 Å². The number of ether oxygens (including phenoxy) is 2. The number of methoxy groups -OCH3 is 1. The fourth-order valence-electron chi connectivity index (χ4n) is 2.18. The smallest absolute Gasteiger partial charge is 0.253 e. The Bertz CT molecular complexity index is 514. The lowest BCUT2D eigenvalue weighted by atomic mass is 10.1. The third-order valence-corrected chi connectivity index (χ3v) is 4.09. The lowest BCUT2D eigenvalue weighted by Gasteiger charge is -2.19. The lowest BCUT2D eigenvalue weighted by Crippen LogP contribution is -2.28. The minimum atomic E-state index is 0.0166. The van der Waals surface area contributed by atoms with E-state index in [1.54, 1.807) is 24.1 Å². The van der Waals surface area contributed by atoms with Crippen LogP contribution in [0.5, 0.6) is 11.5 Å². The molecule has 1 aliphatic carbocycles. The summed E-state index contributed by atoms with van der Waals surface area (Å²) in [4.78, 5) is 14.2. The minimum Gasteiger partial charge on any atom is -0.493 e. The molecular formula is C16H22BrNO3. The maximum atomic E-state index is 12.5. The van der Waals surface area contributed by atoms with Gasteiger partial charge in [-0.15, -0.1) is 0 Å².